The Hall–Kier alpha value is -0.900. The first kappa shape index (κ1) is 14.2. The van der Waals surface area contributed by atoms with E-state index in [2.05, 4.69) is 16.3 Å². The number of hydrogen-bond donors (Lipinski definition) is 2. The quantitative estimate of drug-likeness (QED) is 0.573. The lowest BCUT2D eigenvalue weighted by molar-refractivity contribution is 0.530. The number of sulfonamides is 1. The summed E-state index contributed by atoms with van der Waals surface area (Å²) < 4.78 is 23.1. The van der Waals surface area contributed by atoms with Crippen LogP contribution in [0.5, 0.6) is 0 Å². The Morgan fingerprint density at radius 2 is 2.12 bits per heavy atom. The van der Waals surface area contributed by atoms with Crippen LogP contribution in [0.4, 0.5) is 0 Å². The van der Waals surface area contributed by atoms with Gasteiger partial charge in [0, 0.05) is 0 Å². The Morgan fingerprint density at radius 1 is 1.41 bits per heavy atom. The van der Waals surface area contributed by atoms with Gasteiger partial charge in [0.2, 0.25) is 10.0 Å². The molecule has 1 unspecified atom stereocenters. The fraction of sp³-hybridized carbons (Fsp3) is 0.727. The molecule has 1 aliphatic rings. The lowest BCUT2D eigenvalue weighted by Gasteiger charge is -2.19. The number of nitrogens with one attached hydrogen (secondary N) is 2. The third-order valence-electron chi connectivity index (χ3n) is 2.79. The van der Waals surface area contributed by atoms with E-state index in [1.54, 1.807) is 13.8 Å². The van der Waals surface area contributed by atoms with Crippen LogP contribution in [0.25, 0.3) is 0 Å². The minimum Gasteiger partial charge on any atom is -0.223 e. The van der Waals surface area contributed by atoms with Gasteiger partial charge in [0.25, 0.3) is 0 Å². The van der Waals surface area contributed by atoms with E-state index >= 15 is 0 Å². The molecule has 1 rings (SSSR count). The monoisotopic (exact) mass is 257 g/mol. The summed E-state index contributed by atoms with van der Waals surface area (Å²) in [6.45, 7) is 3.18. The summed E-state index contributed by atoms with van der Waals surface area (Å²) in [5.74, 6) is 0. The van der Waals surface area contributed by atoms with Crippen molar-refractivity contribution in [3.05, 3.63) is 11.6 Å². The van der Waals surface area contributed by atoms with Crippen LogP contribution in [0.2, 0.25) is 0 Å². The fourth-order valence-corrected chi connectivity index (χ4v) is 2.11. The molecular weight excluding hydrogens is 238 g/mol. The standard InChI is InChI=1S/C11H19N3O2S/c1-9(2)17(15,16)14-13-11(8-12)10-6-4-3-5-7-10/h6,9,11,13-14H,3-5,7H2,1-2H3. The SMILES string of the molecule is CC(C)S(=O)(=O)NNC(C#N)C1=CCCCC1. The molecule has 96 valence electrons. The molecule has 1 atom stereocenters. The van der Waals surface area contributed by atoms with Crippen molar-refractivity contribution in [3.63, 3.8) is 0 Å². The van der Waals surface area contributed by atoms with Crippen LogP contribution in [-0.2, 0) is 10.0 Å². The number of rotatable bonds is 5. The molecular formula is C11H19N3O2S. The van der Waals surface area contributed by atoms with Crippen LogP contribution >= 0.6 is 0 Å². The van der Waals surface area contributed by atoms with Gasteiger partial charge in [-0.1, -0.05) is 6.08 Å². The molecule has 0 aromatic carbocycles. The molecule has 0 fully saturated rings. The Kier molecular flexibility index (Phi) is 5.12. The Labute approximate surface area is 103 Å². The Bertz CT molecular complexity index is 420. The van der Waals surface area contributed by atoms with Crippen LogP contribution in [0.15, 0.2) is 11.6 Å². The third kappa shape index (κ3) is 4.11. The van der Waals surface area contributed by atoms with Gasteiger partial charge in [0.15, 0.2) is 0 Å². The molecule has 2 N–H and O–H groups in total. The highest BCUT2D eigenvalue weighted by Crippen LogP contribution is 2.19. The molecule has 17 heavy (non-hydrogen) atoms. The van der Waals surface area contributed by atoms with Crippen molar-refractivity contribution in [2.75, 3.05) is 0 Å². The molecule has 0 saturated heterocycles. The van der Waals surface area contributed by atoms with Gasteiger partial charge >= 0.3 is 0 Å². The van der Waals surface area contributed by atoms with Gasteiger partial charge in [-0.15, -0.1) is 4.83 Å². The number of hydrazine groups is 1. The fourth-order valence-electron chi connectivity index (χ4n) is 1.59. The maximum atomic E-state index is 11.5. The van der Waals surface area contributed by atoms with Crippen LogP contribution in [0, 0.1) is 11.3 Å². The van der Waals surface area contributed by atoms with Crippen LogP contribution < -0.4 is 10.3 Å². The maximum Gasteiger partial charge on any atom is 0.226 e. The minimum absolute atomic E-state index is 0.519. The van der Waals surface area contributed by atoms with E-state index in [0.717, 1.165) is 31.3 Å². The molecule has 0 radical (unpaired) electrons. The lowest BCUT2D eigenvalue weighted by atomic mass is 9.95. The molecule has 0 heterocycles. The molecule has 0 aromatic rings. The highest BCUT2D eigenvalue weighted by molar-refractivity contribution is 7.90. The van der Waals surface area contributed by atoms with E-state index in [4.69, 9.17) is 5.26 Å². The van der Waals surface area contributed by atoms with Crippen molar-refractivity contribution in [2.24, 2.45) is 0 Å². The summed E-state index contributed by atoms with van der Waals surface area (Å²) in [6, 6.07) is 1.51. The van der Waals surface area contributed by atoms with Crippen molar-refractivity contribution in [1.29, 1.82) is 5.26 Å². The smallest absolute Gasteiger partial charge is 0.223 e. The van der Waals surface area contributed by atoms with E-state index in [1.807, 2.05) is 6.08 Å². The Morgan fingerprint density at radius 3 is 2.59 bits per heavy atom. The summed E-state index contributed by atoms with van der Waals surface area (Å²) in [6.07, 6.45) is 6.04. The van der Waals surface area contributed by atoms with E-state index < -0.39 is 21.3 Å². The first-order valence-corrected chi connectivity index (χ1v) is 7.36. The highest BCUT2D eigenvalue weighted by atomic mass is 32.2. The second-order valence-electron chi connectivity index (χ2n) is 4.43. The normalized spacial score (nSPS) is 18.6. The van der Waals surface area contributed by atoms with Gasteiger partial charge in [-0.25, -0.2) is 13.8 Å². The van der Waals surface area contributed by atoms with Gasteiger partial charge in [-0.05, 0) is 45.1 Å². The zero-order valence-electron chi connectivity index (χ0n) is 10.2. The average molecular weight is 257 g/mol. The summed E-state index contributed by atoms with van der Waals surface area (Å²) in [4.78, 5) is 2.27. The van der Waals surface area contributed by atoms with E-state index in [9.17, 15) is 8.42 Å². The summed E-state index contributed by atoms with van der Waals surface area (Å²) in [5, 5.41) is 8.51. The summed E-state index contributed by atoms with van der Waals surface area (Å²) >= 11 is 0. The van der Waals surface area contributed by atoms with Gasteiger partial charge in [-0.3, -0.25) is 0 Å². The van der Waals surface area contributed by atoms with E-state index in [-0.39, 0.29) is 0 Å². The Balaban J connectivity index is 2.60. The van der Waals surface area contributed by atoms with Crippen LogP contribution in [0.3, 0.4) is 0 Å². The lowest BCUT2D eigenvalue weighted by Crippen LogP contribution is -2.47. The molecule has 0 amide bonds. The number of nitriles is 1. The third-order valence-corrected chi connectivity index (χ3v) is 4.44. The predicted octanol–water partition coefficient (Wildman–Crippen LogP) is 1.21. The van der Waals surface area contributed by atoms with Crippen molar-refractivity contribution in [1.82, 2.24) is 10.3 Å². The number of nitrogens with zero attached hydrogens (tertiary/aromatic N) is 1. The molecule has 0 aromatic heterocycles. The zero-order chi connectivity index (χ0) is 12.9. The molecule has 5 nitrogen and oxygen atoms in total. The molecule has 1 aliphatic carbocycles. The largest absolute Gasteiger partial charge is 0.226 e. The van der Waals surface area contributed by atoms with Crippen LogP contribution in [-0.4, -0.2) is 19.7 Å². The van der Waals surface area contributed by atoms with E-state index in [1.165, 1.54) is 0 Å². The molecule has 0 saturated carbocycles. The second kappa shape index (κ2) is 6.15. The van der Waals surface area contributed by atoms with Gasteiger partial charge in [0.1, 0.15) is 6.04 Å². The van der Waals surface area contributed by atoms with Gasteiger partial charge < -0.3 is 0 Å². The maximum absolute atomic E-state index is 11.5. The first-order valence-electron chi connectivity index (χ1n) is 5.82. The van der Waals surface area contributed by atoms with Crippen molar-refractivity contribution < 1.29 is 8.42 Å². The topological polar surface area (TPSA) is 82.0 Å². The highest BCUT2D eigenvalue weighted by Gasteiger charge is 2.20. The molecule has 6 heteroatoms. The summed E-state index contributed by atoms with van der Waals surface area (Å²) in [7, 11) is -3.38. The predicted molar refractivity (Wildman–Crippen MR) is 66.3 cm³/mol. The molecule has 0 aliphatic heterocycles. The second-order valence-corrected chi connectivity index (χ2v) is 6.66. The van der Waals surface area contributed by atoms with E-state index in [0.29, 0.717) is 0 Å². The van der Waals surface area contributed by atoms with Crippen molar-refractivity contribution >= 4 is 10.0 Å². The van der Waals surface area contributed by atoms with Gasteiger partial charge in [-0.2, -0.15) is 5.26 Å². The van der Waals surface area contributed by atoms with Crippen LogP contribution in [0.1, 0.15) is 39.5 Å². The molecule has 0 bridgehead atoms. The first-order chi connectivity index (χ1) is 7.97. The molecule has 0 spiro atoms. The zero-order valence-corrected chi connectivity index (χ0v) is 11.0. The number of hydrogen-bond acceptors (Lipinski definition) is 4. The van der Waals surface area contributed by atoms with Crippen molar-refractivity contribution in [2.45, 2.75) is 50.8 Å². The average Bonchev–Trinajstić information content (AvgIpc) is 2.31. The number of allylic oxidation sites excluding steroid dienone is 1. The van der Waals surface area contributed by atoms with Crippen molar-refractivity contribution in [3.8, 4) is 6.07 Å². The van der Waals surface area contributed by atoms with Gasteiger partial charge in [0.05, 0.1) is 11.3 Å². The minimum atomic E-state index is -3.38. The summed E-state index contributed by atoms with van der Waals surface area (Å²) in [5.41, 5.74) is 3.57.